The largest absolute Gasteiger partial charge is 0.486 e. The summed E-state index contributed by atoms with van der Waals surface area (Å²) in [6, 6.07) is 9.97. The lowest BCUT2D eigenvalue weighted by Crippen LogP contribution is -2.26. The third-order valence-corrected chi connectivity index (χ3v) is 4.97. The van der Waals surface area contributed by atoms with Gasteiger partial charge in [-0.2, -0.15) is 5.10 Å². The van der Waals surface area contributed by atoms with E-state index in [-0.39, 0.29) is 5.91 Å². The molecular weight excluding hydrogens is 397 g/mol. The van der Waals surface area contributed by atoms with Gasteiger partial charge >= 0.3 is 0 Å². The van der Waals surface area contributed by atoms with Crippen LogP contribution in [0.4, 0.5) is 4.39 Å². The third kappa shape index (κ3) is 3.91. The van der Waals surface area contributed by atoms with E-state index in [2.05, 4.69) is 10.4 Å². The standard InChI is InChI=1S/C21H19ClFN3O3/c1-13-15(12-25-26(13)18-5-3-2-4-17(18)23)21(27)24-7-6-14-10-16(22)20-19(11-14)28-8-9-29-20/h2-5,10-12H,6-9H2,1H3,(H,24,27). The van der Waals surface area contributed by atoms with Gasteiger partial charge in [0.05, 0.1) is 22.5 Å². The molecule has 0 saturated carbocycles. The maximum atomic E-state index is 14.0. The average molecular weight is 416 g/mol. The molecule has 6 nitrogen and oxygen atoms in total. The minimum absolute atomic E-state index is 0.270. The van der Waals surface area contributed by atoms with Gasteiger partial charge in [-0.1, -0.05) is 23.7 Å². The zero-order chi connectivity index (χ0) is 20.4. The summed E-state index contributed by atoms with van der Waals surface area (Å²) in [6.07, 6.45) is 2.01. The number of aromatic nitrogens is 2. The SMILES string of the molecule is Cc1c(C(=O)NCCc2cc(Cl)c3c(c2)OCCO3)cnn1-c1ccccc1F. The number of hydrogen-bond donors (Lipinski definition) is 1. The van der Waals surface area contributed by atoms with Gasteiger partial charge in [0, 0.05) is 6.54 Å². The number of rotatable bonds is 5. The molecule has 0 bridgehead atoms. The Morgan fingerprint density at radius 2 is 2.07 bits per heavy atom. The summed E-state index contributed by atoms with van der Waals surface area (Å²) in [4.78, 5) is 12.6. The minimum atomic E-state index is -0.402. The van der Waals surface area contributed by atoms with Gasteiger partial charge in [0.25, 0.3) is 5.91 Å². The summed E-state index contributed by atoms with van der Waals surface area (Å²) in [6.45, 7) is 3.09. The van der Waals surface area contributed by atoms with Crippen LogP contribution in [-0.4, -0.2) is 35.4 Å². The maximum Gasteiger partial charge on any atom is 0.254 e. The van der Waals surface area contributed by atoms with E-state index in [9.17, 15) is 9.18 Å². The highest BCUT2D eigenvalue weighted by Crippen LogP contribution is 2.38. The van der Waals surface area contributed by atoms with E-state index in [1.807, 2.05) is 12.1 Å². The van der Waals surface area contributed by atoms with E-state index in [0.29, 0.717) is 59.6 Å². The van der Waals surface area contributed by atoms with E-state index >= 15 is 0 Å². The Bertz CT molecular complexity index is 1070. The van der Waals surface area contributed by atoms with Crippen molar-refractivity contribution >= 4 is 17.5 Å². The Hall–Kier alpha value is -3.06. The normalized spacial score (nSPS) is 12.7. The van der Waals surface area contributed by atoms with Crippen molar-refractivity contribution in [1.82, 2.24) is 15.1 Å². The van der Waals surface area contributed by atoms with Crippen LogP contribution in [-0.2, 0) is 6.42 Å². The highest BCUT2D eigenvalue weighted by atomic mass is 35.5. The number of carbonyl (C=O) groups excluding carboxylic acids is 1. The van der Waals surface area contributed by atoms with Crippen molar-refractivity contribution in [2.75, 3.05) is 19.8 Å². The van der Waals surface area contributed by atoms with Crippen molar-refractivity contribution in [1.29, 1.82) is 0 Å². The molecule has 1 N–H and O–H groups in total. The molecule has 2 heterocycles. The van der Waals surface area contributed by atoms with Crippen LogP contribution < -0.4 is 14.8 Å². The highest BCUT2D eigenvalue weighted by molar-refractivity contribution is 6.32. The van der Waals surface area contributed by atoms with Gasteiger partial charge in [0.1, 0.15) is 24.7 Å². The van der Waals surface area contributed by atoms with Gasteiger partial charge in [-0.05, 0) is 43.2 Å². The van der Waals surface area contributed by atoms with Crippen molar-refractivity contribution in [3.63, 3.8) is 0 Å². The molecule has 0 fully saturated rings. The quantitative estimate of drug-likeness (QED) is 0.689. The molecule has 2 aromatic carbocycles. The second-order valence-corrected chi connectivity index (χ2v) is 7.02. The lowest BCUT2D eigenvalue weighted by atomic mass is 10.1. The molecule has 1 aromatic heterocycles. The zero-order valence-corrected chi connectivity index (χ0v) is 16.5. The highest BCUT2D eigenvalue weighted by Gasteiger charge is 2.18. The van der Waals surface area contributed by atoms with Crippen LogP contribution in [0, 0.1) is 12.7 Å². The Balaban J connectivity index is 1.42. The molecule has 1 amide bonds. The summed E-state index contributed by atoms with van der Waals surface area (Å²) in [5.74, 6) is 0.504. The predicted molar refractivity (Wildman–Crippen MR) is 107 cm³/mol. The number of halogens is 2. The van der Waals surface area contributed by atoms with E-state index in [0.717, 1.165) is 5.56 Å². The molecule has 0 aliphatic carbocycles. The van der Waals surface area contributed by atoms with Gasteiger partial charge in [0.15, 0.2) is 11.5 Å². The third-order valence-electron chi connectivity index (χ3n) is 4.69. The minimum Gasteiger partial charge on any atom is -0.486 e. The van der Waals surface area contributed by atoms with Crippen LogP contribution >= 0.6 is 11.6 Å². The van der Waals surface area contributed by atoms with Crippen LogP contribution in [0.1, 0.15) is 21.6 Å². The predicted octanol–water partition coefficient (Wildman–Crippen LogP) is 3.72. The number of carbonyl (C=O) groups is 1. The lowest BCUT2D eigenvalue weighted by molar-refractivity contribution is 0.0953. The topological polar surface area (TPSA) is 65.4 Å². The fourth-order valence-electron chi connectivity index (χ4n) is 3.22. The fraction of sp³-hybridized carbons (Fsp3) is 0.238. The number of ether oxygens (including phenoxy) is 2. The van der Waals surface area contributed by atoms with Crippen LogP contribution in [0.3, 0.4) is 0 Å². The summed E-state index contributed by atoms with van der Waals surface area (Å²) in [5, 5.41) is 7.52. The van der Waals surface area contributed by atoms with Crippen LogP contribution in [0.5, 0.6) is 11.5 Å². The van der Waals surface area contributed by atoms with Crippen molar-refractivity contribution in [2.45, 2.75) is 13.3 Å². The average Bonchev–Trinajstić information content (AvgIpc) is 3.09. The van der Waals surface area contributed by atoms with Crippen molar-refractivity contribution < 1.29 is 18.7 Å². The molecule has 8 heteroatoms. The number of para-hydroxylation sites is 1. The lowest BCUT2D eigenvalue weighted by Gasteiger charge is -2.20. The maximum absolute atomic E-state index is 14.0. The molecule has 0 saturated heterocycles. The molecule has 1 aliphatic rings. The van der Waals surface area contributed by atoms with Gasteiger partial charge in [-0.25, -0.2) is 9.07 Å². The van der Waals surface area contributed by atoms with Gasteiger partial charge in [-0.3, -0.25) is 4.79 Å². The van der Waals surface area contributed by atoms with E-state index in [1.54, 1.807) is 25.1 Å². The first-order chi connectivity index (χ1) is 14.0. The Morgan fingerprint density at radius 1 is 1.28 bits per heavy atom. The van der Waals surface area contributed by atoms with Gasteiger partial charge in [-0.15, -0.1) is 0 Å². The van der Waals surface area contributed by atoms with Crippen molar-refractivity contribution in [2.24, 2.45) is 0 Å². The molecule has 29 heavy (non-hydrogen) atoms. The van der Waals surface area contributed by atoms with E-state index in [1.165, 1.54) is 16.9 Å². The summed E-state index contributed by atoms with van der Waals surface area (Å²) in [5.41, 5.74) is 2.19. The summed E-state index contributed by atoms with van der Waals surface area (Å²) < 4.78 is 26.5. The molecule has 0 atom stereocenters. The van der Waals surface area contributed by atoms with E-state index < -0.39 is 5.82 Å². The number of hydrogen-bond acceptors (Lipinski definition) is 4. The monoisotopic (exact) mass is 415 g/mol. The van der Waals surface area contributed by atoms with Crippen LogP contribution in [0.15, 0.2) is 42.6 Å². The summed E-state index contributed by atoms with van der Waals surface area (Å²) in [7, 11) is 0. The molecule has 1 aliphatic heterocycles. The molecule has 0 spiro atoms. The number of nitrogens with one attached hydrogen (secondary N) is 1. The first kappa shape index (κ1) is 19.3. The first-order valence-electron chi connectivity index (χ1n) is 9.20. The second-order valence-electron chi connectivity index (χ2n) is 6.61. The van der Waals surface area contributed by atoms with Gasteiger partial charge < -0.3 is 14.8 Å². The second kappa shape index (κ2) is 8.13. The molecule has 0 unspecified atom stereocenters. The molecular formula is C21H19ClFN3O3. The number of nitrogens with zero attached hydrogens (tertiary/aromatic N) is 2. The fourth-order valence-corrected chi connectivity index (χ4v) is 3.51. The number of amides is 1. The van der Waals surface area contributed by atoms with Crippen LogP contribution in [0.2, 0.25) is 5.02 Å². The first-order valence-corrected chi connectivity index (χ1v) is 9.58. The van der Waals surface area contributed by atoms with E-state index in [4.69, 9.17) is 21.1 Å². The van der Waals surface area contributed by atoms with Gasteiger partial charge in [0.2, 0.25) is 0 Å². The molecule has 4 rings (SSSR count). The van der Waals surface area contributed by atoms with Crippen molar-refractivity contribution in [3.8, 4) is 17.2 Å². The Morgan fingerprint density at radius 3 is 2.90 bits per heavy atom. The van der Waals surface area contributed by atoms with Crippen LogP contribution in [0.25, 0.3) is 5.69 Å². The summed E-state index contributed by atoms with van der Waals surface area (Å²) >= 11 is 6.25. The Kier molecular flexibility index (Phi) is 5.40. The smallest absolute Gasteiger partial charge is 0.254 e. The zero-order valence-electron chi connectivity index (χ0n) is 15.7. The number of benzene rings is 2. The van der Waals surface area contributed by atoms with Crippen molar-refractivity contribution in [3.05, 3.63) is 70.3 Å². The Labute approximate surface area is 172 Å². The molecule has 150 valence electrons. The molecule has 3 aromatic rings. The molecule has 0 radical (unpaired) electrons. The number of fused-ring (bicyclic) bond motifs is 1.